The highest BCUT2D eigenvalue weighted by atomic mass is 79.9. The van der Waals surface area contributed by atoms with E-state index in [0.717, 1.165) is 19.5 Å². The van der Waals surface area contributed by atoms with Crippen LogP contribution < -0.4 is 0 Å². The van der Waals surface area contributed by atoms with E-state index in [9.17, 15) is 0 Å². The first kappa shape index (κ1) is 14.8. The minimum Gasteiger partial charge on any atom is -0.419 e. The summed E-state index contributed by atoms with van der Waals surface area (Å²) in [7, 11) is 1.86. The van der Waals surface area contributed by atoms with Gasteiger partial charge in [0.25, 0.3) is 5.89 Å². The summed E-state index contributed by atoms with van der Waals surface area (Å²) in [4.78, 5) is 5.18. The van der Waals surface area contributed by atoms with Crippen LogP contribution in [0.4, 0.5) is 0 Å². The molecule has 0 saturated carbocycles. The van der Waals surface area contributed by atoms with Gasteiger partial charge in [-0.1, -0.05) is 11.8 Å². The molecule has 3 rings (SSSR count). The summed E-state index contributed by atoms with van der Waals surface area (Å²) in [6.45, 7) is -0.0258. The molecule has 0 aliphatic heterocycles. The van der Waals surface area contributed by atoms with Gasteiger partial charge in [0.1, 0.15) is 0 Å². The topological polar surface area (TPSA) is 77.0 Å². The van der Waals surface area contributed by atoms with Crippen LogP contribution in [-0.4, -0.2) is 24.9 Å². The predicted octanol–water partition coefficient (Wildman–Crippen LogP) is 3.08. The molecule has 3 aromatic heterocycles. The van der Waals surface area contributed by atoms with Crippen LogP contribution in [0.1, 0.15) is 11.6 Å². The van der Waals surface area contributed by atoms with Gasteiger partial charge in [0.2, 0.25) is 5.89 Å². The van der Waals surface area contributed by atoms with Crippen molar-refractivity contribution in [2.24, 2.45) is 7.05 Å². The smallest absolute Gasteiger partial charge is 0.257 e. The number of hydrogen-bond acceptors (Lipinski definition) is 7. The number of halogens is 1. The lowest BCUT2D eigenvalue weighted by Crippen LogP contribution is -1.97. The zero-order chi connectivity index (χ0) is 14.8. The largest absolute Gasteiger partial charge is 0.419 e. The van der Waals surface area contributed by atoms with E-state index in [2.05, 4.69) is 31.1 Å². The maximum absolute atomic E-state index is 9.13. The number of thioether (sulfide) groups is 1. The van der Waals surface area contributed by atoms with Crippen molar-refractivity contribution in [3.63, 3.8) is 0 Å². The molecule has 6 nitrogen and oxygen atoms in total. The summed E-state index contributed by atoms with van der Waals surface area (Å²) in [5.74, 6) is 1.61. The molecule has 0 aliphatic carbocycles. The SMILES string of the molecule is Cn1c(CO)cnc1SCc1nnc(-c2ccc(Br)s2)o1. The van der Waals surface area contributed by atoms with E-state index >= 15 is 0 Å². The average molecular weight is 387 g/mol. The summed E-state index contributed by atoms with van der Waals surface area (Å²) in [5, 5.41) is 18.0. The molecule has 0 unspecified atom stereocenters. The van der Waals surface area contributed by atoms with Crippen molar-refractivity contribution in [1.82, 2.24) is 19.7 Å². The average Bonchev–Trinajstić information content (AvgIpc) is 3.17. The lowest BCUT2D eigenvalue weighted by atomic mass is 10.5. The predicted molar refractivity (Wildman–Crippen MR) is 84.0 cm³/mol. The molecular weight excluding hydrogens is 376 g/mol. The number of nitrogens with zero attached hydrogens (tertiary/aromatic N) is 4. The van der Waals surface area contributed by atoms with Gasteiger partial charge in [0.15, 0.2) is 5.16 Å². The van der Waals surface area contributed by atoms with Gasteiger partial charge in [-0.15, -0.1) is 21.5 Å². The van der Waals surface area contributed by atoms with Gasteiger partial charge in [0.05, 0.1) is 32.9 Å². The Labute approximate surface area is 137 Å². The van der Waals surface area contributed by atoms with E-state index in [1.54, 1.807) is 17.5 Å². The molecule has 0 bridgehead atoms. The van der Waals surface area contributed by atoms with Crippen molar-refractivity contribution >= 4 is 39.0 Å². The molecule has 9 heteroatoms. The summed E-state index contributed by atoms with van der Waals surface area (Å²) in [5.41, 5.74) is 0.771. The van der Waals surface area contributed by atoms with E-state index in [1.165, 1.54) is 11.8 Å². The molecular formula is C12H11BrN4O2S2. The third-order valence-electron chi connectivity index (χ3n) is 2.78. The Morgan fingerprint density at radius 1 is 1.43 bits per heavy atom. The Hall–Kier alpha value is -1.16. The van der Waals surface area contributed by atoms with Crippen LogP contribution in [0, 0.1) is 0 Å². The molecule has 110 valence electrons. The maximum atomic E-state index is 9.13. The quantitative estimate of drug-likeness (QED) is 0.678. The fourth-order valence-electron chi connectivity index (χ4n) is 1.67. The van der Waals surface area contributed by atoms with Gasteiger partial charge in [-0.3, -0.25) is 0 Å². The Balaban J connectivity index is 1.68. The van der Waals surface area contributed by atoms with Gasteiger partial charge in [0, 0.05) is 7.05 Å². The highest BCUT2D eigenvalue weighted by Gasteiger charge is 2.12. The Morgan fingerprint density at radius 2 is 2.29 bits per heavy atom. The minimum absolute atomic E-state index is 0.0258. The number of thiophene rings is 1. The summed E-state index contributed by atoms with van der Waals surface area (Å²) in [6.07, 6.45) is 1.66. The van der Waals surface area contributed by atoms with Crippen LogP contribution in [0.15, 0.2) is 31.7 Å². The van der Waals surface area contributed by atoms with Gasteiger partial charge < -0.3 is 14.1 Å². The van der Waals surface area contributed by atoms with E-state index in [4.69, 9.17) is 9.52 Å². The van der Waals surface area contributed by atoms with E-state index in [1.807, 2.05) is 23.7 Å². The van der Waals surface area contributed by atoms with Crippen molar-refractivity contribution in [1.29, 1.82) is 0 Å². The normalized spacial score (nSPS) is 11.2. The van der Waals surface area contributed by atoms with Crippen molar-refractivity contribution in [2.75, 3.05) is 0 Å². The summed E-state index contributed by atoms with van der Waals surface area (Å²) in [6, 6.07) is 3.88. The molecule has 0 fully saturated rings. The highest BCUT2D eigenvalue weighted by Crippen LogP contribution is 2.31. The molecule has 1 N–H and O–H groups in total. The van der Waals surface area contributed by atoms with Crippen LogP contribution in [0.2, 0.25) is 0 Å². The Morgan fingerprint density at radius 3 is 2.95 bits per heavy atom. The fraction of sp³-hybridized carbons (Fsp3) is 0.250. The zero-order valence-corrected chi connectivity index (χ0v) is 14.2. The third kappa shape index (κ3) is 3.20. The van der Waals surface area contributed by atoms with E-state index in [-0.39, 0.29) is 6.61 Å². The molecule has 0 spiro atoms. The maximum Gasteiger partial charge on any atom is 0.257 e. The third-order valence-corrected chi connectivity index (χ3v) is 5.42. The van der Waals surface area contributed by atoms with Crippen LogP contribution in [-0.2, 0) is 19.4 Å². The summed E-state index contributed by atoms with van der Waals surface area (Å²) < 4.78 is 8.51. The summed E-state index contributed by atoms with van der Waals surface area (Å²) >= 11 is 6.44. The number of imidazole rings is 1. The molecule has 0 saturated heterocycles. The number of rotatable bonds is 5. The highest BCUT2D eigenvalue weighted by molar-refractivity contribution is 9.11. The number of aliphatic hydroxyl groups is 1. The van der Waals surface area contributed by atoms with Crippen molar-refractivity contribution in [3.8, 4) is 10.8 Å². The Kier molecular flexibility index (Phi) is 4.43. The molecule has 3 heterocycles. The molecule has 21 heavy (non-hydrogen) atoms. The fourth-order valence-corrected chi connectivity index (χ4v) is 3.79. The Bertz CT molecular complexity index is 752. The lowest BCUT2D eigenvalue weighted by Gasteiger charge is -2.01. The van der Waals surface area contributed by atoms with Crippen LogP contribution in [0.5, 0.6) is 0 Å². The zero-order valence-electron chi connectivity index (χ0n) is 11.0. The van der Waals surface area contributed by atoms with Crippen molar-refractivity contribution < 1.29 is 9.52 Å². The second-order valence-electron chi connectivity index (χ2n) is 4.14. The molecule has 0 radical (unpaired) electrons. The van der Waals surface area contributed by atoms with Crippen LogP contribution >= 0.6 is 39.0 Å². The van der Waals surface area contributed by atoms with Gasteiger partial charge in [-0.2, -0.15) is 0 Å². The molecule has 0 atom stereocenters. The van der Waals surface area contributed by atoms with Crippen LogP contribution in [0.3, 0.4) is 0 Å². The first-order valence-corrected chi connectivity index (χ1v) is 8.59. The first-order valence-electron chi connectivity index (χ1n) is 5.99. The van der Waals surface area contributed by atoms with E-state index < -0.39 is 0 Å². The molecule has 0 aromatic carbocycles. The van der Waals surface area contributed by atoms with Gasteiger partial charge in [-0.25, -0.2) is 4.98 Å². The first-order chi connectivity index (χ1) is 10.2. The standard InChI is InChI=1S/C12H11BrN4O2S2/c1-17-7(5-18)4-14-12(17)20-6-10-15-16-11(19-10)8-2-3-9(13)21-8/h2-4,18H,5-6H2,1H3. The van der Waals surface area contributed by atoms with Gasteiger partial charge >= 0.3 is 0 Å². The second kappa shape index (κ2) is 6.30. The van der Waals surface area contributed by atoms with Crippen molar-refractivity contribution in [3.05, 3.63) is 33.7 Å². The second-order valence-corrected chi connectivity index (χ2v) is 7.55. The van der Waals surface area contributed by atoms with Gasteiger partial charge in [-0.05, 0) is 28.1 Å². The van der Waals surface area contributed by atoms with Crippen LogP contribution in [0.25, 0.3) is 10.8 Å². The monoisotopic (exact) mass is 386 g/mol. The number of aromatic nitrogens is 4. The van der Waals surface area contributed by atoms with E-state index in [0.29, 0.717) is 17.5 Å². The molecule has 0 amide bonds. The lowest BCUT2D eigenvalue weighted by molar-refractivity contribution is 0.271. The number of aliphatic hydroxyl groups excluding tert-OH is 1. The molecule has 3 aromatic rings. The number of hydrogen-bond donors (Lipinski definition) is 1. The molecule has 0 aliphatic rings. The minimum atomic E-state index is -0.0258. The van der Waals surface area contributed by atoms with Crippen molar-refractivity contribution in [2.45, 2.75) is 17.5 Å².